The van der Waals surface area contributed by atoms with Crippen LogP contribution in [-0.4, -0.2) is 11.6 Å². The van der Waals surface area contributed by atoms with E-state index in [0.29, 0.717) is 24.0 Å². The predicted octanol–water partition coefficient (Wildman–Crippen LogP) is 3.81. The molecule has 3 heteroatoms. The smallest absolute Gasteiger partial charge is 0.177 e. The summed E-state index contributed by atoms with van der Waals surface area (Å²) in [5.74, 6) is -0.783. The Morgan fingerprint density at radius 2 is 2.00 bits per heavy atom. The van der Waals surface area contributed by atoms with Crippen molar-refractivity contribution < 1.29 is 14.0 Å². The Labute approximate surface area is 117 Å². The van der Waals surface area contributed by atoms with Crippen LogP contribution >= 0.6 is 0 Å². The standard InChI is InChI=1S/C17H17FO2/c1-9-6-15-14-7-12(18)4-5-13(14)16(20)17(15,11(3)19)8-10(9)2/h4-5,7,15H,6,8H2,1-3H3/t15-,17+/m0/s1. The molecule has 2 nitrogen and oxygen atoms in total. The predicted molar refractivity (Wildman–Crippen MR) is 74.2 cm³/mol. The van der Waals surface area contributed by atoms with E-state index in [1.807, 2.05) is 13.8 Å². The molecule has 2 atom stereocenters. The largest absolute Gasteiger partial charge is 0.299 e. The lowest BCUT2D eigenvalue weighted by molar-refractivity contribution is -0.125. The third-order valence-corrected chi connectivity index (χ3v) is 5.04. The number of Topliss-reactive ketones (excluding diaryl/α,β-unsaturated/α-hetero) is 2. The Balaban J connectivity index is 2.26. The minimum Gasteiger partial charge on any atom is -0.299 e. The van der Waals surface area contributed by atoms with E-state index in [4.69, 9.17) is 0 Å². The van der Waals surface area contributed by atoms with E-state index < -0.39 is 5.41 Å². The van der Waals surface area contributed by atoms with Gasteiger partial charge in [-0.15, -0.1) is 0 Å². The minimum absolute atomic E-state index is 0.101. The summed E-state index contributed by atoms with van der Waals surface area (Å²) in [6.45, 7) is 5.50. The summed E-state index contributed by atoms with van der Waals surface area (Å²) < 4.78 is 13.5. The van der Waals surface area contributed by atoms with Crippen molar-refractivity contribution in [3.63, 3.8) is 0 Å². The zero-order valence-corrected chi connectivity index (χ0v) is 11.9. The maximum Gasteiger partial charge on any atom is 0.177 e. The molecule has 0 N–H and O–H groups in total. The number of allylic oxidation sites excluding steroid dienone is 2. The van der Waals surface area contributed by atoms with Crippen LogP contribution in [0.3, 0.4) is 0 Å². The number of benzene rings is 1. The van der Waals surface area contributed by atoms with Gasteiger partial charge in [-0.3, -0.25) is 9.59 Å². The fourth-order valence-corrected chi connectivity index (χ4v) is 3.76. The number of hydrogen-bond donors (Lipinski definition) is 0. The second-order valence-corrected chi connectivity index (χ2v) is 6.08. The normalized spacial score (nSPS) is 28.4. The molecule has 0 fully saturated rings. The Bertz CT molecular complexity index is 672. The van der Waals surface area contributed by atoms with Gasteiger partial charge in [0.2, 0.25) is 0 Å². The van der Waals surface area contributed by atoms with Gasteiger partial charge < -0.3 is 0 Å². The maximum absolute atomic E-state index is 13.5. The van der Waals surface area contributed by atoms with E-state index in [0.717, 1.165) is 5.57 Å². The van der Waals surface area contributed by atoms with Gasteiger partial charge in [-0.25, -0.2) is 4.39 Å². The average Bonchev–Trinajstić information content (AvgIpc) is 2.61. The fourth-order valence-electron chi connectivity index (χ4n) is 3.76. The number of ketones is 2. The summed E-state index contributed by atoms with van der Waals surface area (Å²) >= 11 is 0. The van der Waals surface area contributed by atoms with E-state index in [1.54, 1.807) is 0 Å². The van der Waals surface area contributed by atoms with Crippen LogP contribution in [0.2, 0.25) is 0 Å². The number of hydrogen-bond acceptors (Lipinski definition) is 2. The molecule has 0 bridgehead atoms. The molecule has 3 rings (SSSR count). The van der Waals surface area contributed by atoms with Crippen molar-refractivity contribution in [2.45, 2.75) is 39.5 Å². The highest BCUT2D eigenvalue weighted by Gasteiger charge is 2.57. The summed E-state index contributed by atoms with van der Waals surface area (Å²) in [5.41, 5.74) is 2.54. The first-order valence-electron chi connectivity index (χ1n) is 6.88. The Hall–Kier alpha value is -1.77. The lowest BCUT2D eigenvalue weighted by Crippen LogP contribution is -2.41. The van der Waals surface area contributed by atoms with Crippen LogP contribution in [0, 0.1) is 11.2 Å². The zero-order chi connectivity index (χ0) is 14.7. The van der Waals surface area contributed by atoms with Crippen molar-refractivity contribution >= 4 is 11.6 Å². The second-order valence-electron chi connectivity index (χ2n) is 6.08. The van der Waals surface area contributed by atoms with Gasteiger partial charge in [-0.05, 0) is 57.4 Å². The molecule has 0 saturated heterocycles. The molecule has 2 aliphatic rings. The second kappa shape index (κ2) is 4.11. The number of fused-ring (bicyclic) bond motifs is 3. The first kappa shape index (κ1) is 13.2. The van der Waals surface area contributed by atoms with E-state index in [1.165, 1.54) is 30.7 Å². The Morgan fingerprint density at radius 3 is 2.65 bits per heavy atom. The van der Waals surface area contributed by atoms with E-state index in [9.17, 15) is 14.0 Å². The molecule has 1 aromatic rings. The summed E-state index contributed by atoms with van der Waals surface area (Å²) in [4.78, 5) is 25.1. The van der Waals surface area contributed by atoms with Crippen LogP contribution in [0.15, 0.2) is 29.3 Å². The molecule has 2 aliphatic carbocycles. The van der Waals surface area contributed by atoms with Crippen molar-refractivity contribution in [1.29, 1.82) is 0 Å². The van der Waals surface area contributed by atoms with E-state index in [-0.39, 0.29) is 23.3 Å². The van der Waals surface area contributed by atoms with Crippen LogP contribution in [0.25, 0.3) is 0 Å². The van der Waals surface area contributed by atoms with Crippen LogP contribution in [-0.2, 0) is 4.79 Å². The molecule has 0 amide bonds. The number of halogens is 1. The van der Waals surface area contributed by atoms with Gasteiger partial charge >= 0.3 is 0 Å². The highest BCUT2D eigenvalue weighted by molar-refractivity contribution is 6.18. The fraction of sp³-hybridized carbons (Fsp3) is 0.412. The van der Waals surface area contributed by atoms with Gasteiger partial charge in [0.05, 0.1) is 0 Å². The summed E-state index contributed by atoms with van der Waals surface area (Å²) in [5, 5.41) is 0. The third-order valence-electron chi connectivity index (χ3n) is 5.04. The number of carbonyl (C=O) groups is 2. The van der Waals surface area contributed by atoms with Gasteiger partial charge in [-0.1, -0.05) is 11.1 Å². The topological polar surface area (TPSA) is 34.1 Å². The van der Waals surface area contributed by atoms with Gasteiger partial charge in [0.25, 0.3) is 0 Å². The molecule has 0 heterocycles. The third kappa shape index (κ3) is 1.49. The first-order chi connectivity index (χ1) is 9.37. The van der Waals surface area contributed by atoms with Crippen LogP contribution < -0.4 is 0 Å². The molecular weight excluding hydrogens is 255 g/mol. The zero-order valence-electron chi connectivity index (χ0n) is 11.9. The molecule has 0 aliphatic heterocycles. The number of rotatable bonds is 1. The van der Waals surface area contributed by atoms with Crippen molar-refractivity contribution in [1.82, 2.24) is 0 Å². The van der Waals surface area contributed by atoms with Crippen molar-refractivity contribution in [3.8, 4) is 0 Å². The van der Waals surface area contributed by atoms with Gasteiger partial charge in [0.1, 0.15) is 17.0 Å². The molecule has 20 heavy (non-hydrogen) atoms. The summed E-state index contributed by atoms with van der Waals surface area (Å²) in [6.07, 6.45) is 1.13. The molecule has 104 valence electrons. The number of carbonyl (C=O) groups excluding carboxylic acids is 2. The van der Waals surface area contributed by atoms with Gasteiger partial charge in [0.15, 0.2) is 5.78 Å². The monoisotopic (exact) mass is 272 g/mol. The van der Waals surface area contributed by atoms with E-state index >= 15 is 0 Å². The quantitative estimate of drug-likeness (QED) is 0.575. The molecule has 0 saturated carbocycles. The molecule has 1 aromatic carbocycles. The highest BCUT2D eigenvalue weighted by Crippen LogP contribution is 2.56. The van der Waals surface area contributed by atoms with Crippen LogP contribution in [0.4, 0.5) is 4.39 Å². The molecule has 0 spiro atoms. The van der Waals surface area contributed by atoms with Crippen LogP contribution in [0.5, 0.6) is 0 Å². The first-order valence-corrected chi connectivity index (χ1v) is 6.88. The lowest BCUT2D eigenvalue weighted by Gasteiger charge is -2.37. The summed E-state index contributed by atoms with van der Waals surface area (Å²) in [6, 6.07) is 4.26. The summed E-state index contributed by atoms with van der Waals surface area (Å²) in [7, 11) is 0. The van der Waals surface area contributed by atoms with Crippen molar-refractivity contribution in [2.24, 2.45) is 5.41 Å². The van der Waals surface area contributed by atoms with Crippen molar-refractivity contribution in [2.75, 3.05) is 0 Å². The highest BCUT2D eigenvalue weighted by atomic mass is 19.1. The molecule has 0 radical (unpaired) electrons. The van der Waals surface area contributed by atoms with Gasteiger partial charge in [0, 0.05) is 11.5 Å². The molecular formula is C17H17FO2. The maximum atomic E-state index is 13.5. The average molecular weight is 272 g/mol. The lowest BCUT2D eigenvalue weighted by atomic mass is 9.63. The Morgan fingerprint density at radius 1 is 1.30 bits per heavy atom. The molecule has 0 aromatic heterocycles. The molecule has 0 unspecified atom stereocenters. The van der Waals surface area contributed by atoms with Crippen LogP contribution in [0.1, 0.15) is 55.5 Å². The van der Waals surface area contributed by atoms with Crippen molar-refractivity contribution in [3.05, 3.63) is 46.3 Å². The van der Waals surface area contributed by atoms with Gasteiger partial charge in [-0.2, -0.15) is 0 Å². The van der Waals surface area contributed by atoms with E-state index in [2.05, 4.69) is 0 Å². The SMILES string of the molecule is CC(=O)[C@]12CC(C)=C(C)C[C@H]1c1cc(F)ccc1C2=O. The Kier molecular flexibility index (Phi) is 2.72. The minimum atomic E-state index is -1.00.